The van der Waals surface area contributed by atoms with Crippen LogP contribution >= 0.6 is 12.6 Å². The van der Waals surface area contributed by atoms with Gasteiger partial charge in [0, 0.05) is 18.5 Å². The van der Waals surface area contributed by atoms with E-state index in [-0.39, 0.29) is 28.9 Å². The summed E-state index contributed by atoms with van der Waals surface area (Å²) in [5.74, 6) is -1.17. The van der Waals surface area contributed by atoms with Gasteiger partial charge in [-0.05, 0) is 25.0 Å². The largest absolute Gasteiger partial charge is 0.501 e. The van der Waals surface area contributed by atoms with Gasteiger partial charge in [0.25, 0.3) is 5.91 Å². The Labute approximate surface area is 180 Å². The van der Waals surface area contributed by atoms with Gasteiger partial charge in [-0.2, -0.15) is 4.98 Å². The van der Waals surface area contributed by atoms with E-state index in [4.69, 9.17) is 0 Å². The van der Waals surface area contributed by atoms with Crippen LogP contribution in [0.3, 0.4) is 0 Å². The maximum absolute atomic E-state index is 13.2. The Bertz CT molecular complexity index is 1090. The van der Waals surface area contributed by atoms with Gasteiger partial charge >= 0.3 is 5.56 Å². The number of hydrogen-bond acceptors (Lipinski definition) is 5. The van der Waals surface area contributed by atoms with Gasteiger partial charge in [0.15, 0.2) is 10.9 Å². The molecule has 3 aromatic rings. The quantitative estimate of drug-likeness (QED) is 0.500. The summed E-state index contributed by atoms with van der Waals surface area (Å²) < 4.78 is 1.62. The number of carbonyl (C=O) groups is 1. The van der Waals surface area contributed by atoms with Gasteiger partial charge < -0.3 is 14.6 Å². The predicted octanol–water partition coefficient (Wildman–Crippen LogP) is 3.48. The molecule has 30 heavy (non-hydrogen) atoms. The molecular weight excluding hydrogens is 398 g/mol. The molecule has 1 amide bonds. The zero-order valence-electron chi connectivity index (χ0n) is 16.8. The molecule has 0 unspecified atom stereocenters. The molecule has 0 saturated heterocycles. The molecule has 1 atom stereocenters. The van der Waals surface area contributed by atoms with Crippen molar-refractivity contribution in [2.75, 3.05) is 6.54 Å². The first kappa shape index (κ1) is 20.2. The highest BCUT2D eigenvalue weighted by Crippen LogP contribution is 2.41. The molecule has 4 rings (SSSR count). The second-order valence-corrected chi connectivity index (χ2v) is 8.10. The van der Waals surface area contributed by atoms with Crippen molar-refractivity contribution in [2.24, 2.45) is 0 Å². The van der Waals surface area contributed by atoms with Crippen molar-refractivity contribution in [2.45, 2.75) is 37.0 Å². The average molecular weight is 422 g/mol. The Morgan fingerprint density at radius 3 is 2.03 bits per heavy atom. The zero-order valence-corrected chi connectivity index (χ0v) is 17.7. The molecule has 154 valence electrons. The van der Waals surface area contributed by atoms with Crippen LogP contribution in [0.15, 0.2) is 70.6 Å². The topological polar surface area (TPSA) is 75.4 Å². The normalized spacial score (nSPS) is 16.2. The minimum atomic E-state index is -0.847. The van der Waals surface area contributed by atoms with Gasteiger partial charge in [-0.15, -0.1) is 12.6 Å². The van der Waals surface area contributed by atoms with Crippen LogP contribution in [0.25, 0.3) is 0 Å². The molecule has 7 heteroatoms. The second-order valence-electron chi connectivity index (χ2n) is 7.70. The first-order chi connectivity index (χ1) is 14.4. The molecule has 0 saturated carbocycles. The van der Waals surface area contributed by atoms with E-state index in [2.05, 4.69) is 17.6 Å². The number of amides is 1. The highest BCUT2D eigenvalue weighted by atomic mass is 32.1. The van der Waals surface area contributed by atoms with Crippen molar-refractivity contribution in [3.63, 3.8) is 0 Å². The average Bonchev–Trinajstić information content (AvgIpc) is 2.74. The number of benzene rings is 2. The van der Waals surface area contributed by atoms with Crippen molar-refractivity contribution >= 4 is 18.5 Å². The van der Waals surface area contributed by atoms with E-state index >= 15 is 0 Å². The lowest BCUT2D eigenvalue weighted by Crippen LogP contribution is -2.49. The van der Waals surface area contributed by atoms with E-state index < -0.39 is 17.2 Å². The van der Waals surface area contributed by atoms with Crippen molar-refractivity contribution in [3.8, 4) is 5.75 Å². The minimum Gasteiger partial charge on any atom is -0.501 e. The Hall–Kier alpha value is -3.06. The molecule has 2 heterocycles. The highest BCUT2D eigenvalue weighted by molar-refractivity contribution is 7.80. The predicted molar refractivity (Wildman–Crippen MR) is 117 cm³/mol. The lowest BCUT2D eigenvalue weighted by atomic mass is 9.83. The third-order valence-corrected chi connectivity index (χ3v) is 5.90. The van der Waals surface area contributed by atoms with Crippen molar-refractivity contribution < 1.29 is 9.90 Å². The van der Waals surface area contributed by atoms with E-state index in [1.165, 1.54) is 0 Å². The van der Waals surface area contributed by atoms with E-state index in [0.717, 1.165) is 11.1 Å². The Kier molecular flexibility index (Phi) is 5.39. The third kappa shape index (κ3) is 3.39. The minimum absolute atomic E-state index is 0.0539. The Morgan fingerprint density at radius 2 is 1.53 bits per heavy atom. The molecule has 1 aliphatic heterocycles. The van der Waals surface area contributed by atoms with Crippen LogP contribution < -0.4 is 5.56 Å². The van der Waals surface area contributed by atoms with Gasteiger partial charge in [-0.3, -0.25) is 9.59 Å². The number of thiol groups is 1. The first-order valence-electron chi connectivity index (χ1n) is 9.85. The summed E-state index contributed by atoms with van der Waals surface area (Å²) >= 11 is 4.42. The van der Waals surface area contributed by atoms with Crippen LogP contribution in [0, 0.1) is 0 Å². The van der Waals surface area contributed by atoms with Crippen LogP contribution in [0.1, 0.15) is 47.4 Å². The highest BCUT2D eigenvalue weighted by Gasteiger charge is 2.41. The van der Waals surface area contributed by atoms with E-state index in [1.807, 2.05) is 74.5 Å². The molecule has 1 N–H and O–H groups in total. The van der Waals surface area contributed by atoms with Crippen molar-refractivity contribution in [1.29, 1.82) is 0 Å². The van der Waals surface area contributed by atoms with Crippen LogP contribution in [-0.2, 0) is 0 Å². The molecule has 0 bridgehead atoms. The molecule has 2 aromatic carbocycles. The first-order valence-corrected chi connectivity index (χ1v) is 10.3. The van der Waals surface area contributed by atoms with Gasteiger partial charge in [0.1, 0.15) is 0 Å². The van der Waals surface area contributed by atoms with Crippen molar-refractivity contribution in [1.82, 2.24) is 14.5 Å². The standard InChI is InChI=1S/C23H23N3O3S/c1-14(2)25-13-17(26-19(22(25)29)20(27)21(28)24-23(26)30)18(15-9-5-3-6-10-15)16-11-7-4-8-12-16/h3-12,14,17-18,27H,13H2,1-2H3,(H,24,28,30)/t17-/m1/s1. The Morgan fingerprint density at radius 1 is 1.00 bits per heavy atom. The monoisotopic (exact) mass is 421 g/mol. The van der Waals surface area contributed by atoms with Gasteiger partial charge in [-0.1, -0.05) is 60.7 Å². The maximum atomic E-state index is 13.2. The molecule has 0 fully saturated rings. The summed E-state index contributed by atoms with van der Waals surface area (Å²) in [7, 11) is 0. The number of nitrogens with zero attached hydrogens (tertiary/aromatic N) is 3. The number of carbonyl (C=O) groups excluding carboxylic acids is 1. The number of hydrogen-bond donors (Lipinski definition) is 2. The maximum Gasteiger partial charge on any atom is 0.316 e. The number of fused-ring (bicyclic) bond motifs is 1. The van der Waals surface area contributed by atoms with E-state index in [9.17, 15) is 14.7 Å². The second kappa shape index (κ2) is 7.99. The van der Waals surface area contributed by atoms with Gasteiger partial charge in [-0.25, -0.2) is 0 Å². The SMILES string of the molecule is CC(C)N1C[C@H](C(c2ccccc2)c2ccccc2)n2c(S)nc(=O)c(O)c2C1=O. The van der Waals surface area contributed by atoms with E-state index in [0.29, 0.717) is 6.54 Å². The van der Waals surface area contributed by atoms with Gasteiger partial charge in [0.2, 0.25) is 5.75 Å². The summed E-state index contributed by atoms with van der Waals surface area (Å²) in [4.78, 5) is 30.9. The number of aromatic nitrogens is 2. The fourth-order valence-electron chi connectivity index (χ4n) is 4.19. The summed E-state index contributed by atoms with van der Waals surface area (Å²) in [5.41, 5.74) is 1.22. The van der Waals surface area contributed by atoms with Crippen LogP contribution in [0.2, 0.25) is 0 Å². The fraction of sp³-hybridized carbons (Fsp3) is 0.261. The molecule has 0 radical (unpaired) electrons. The Balaban J connectivity index is 2.00. The number of rotatable bonds is 4. The van der Waals surface area contributed by atoms with Crippen LogP contribution in [-0.4, -0.2) is 38.1 Å². The molecule has 6 nitrogen and oxygen atoms in total. The van der Waals surface area contributed by atoms with Crippen LogP contribution in [0.5, 0.6) is 5.75 Å². The molecule has 1 aromatic heterocycles. The molecular formula is C23H23N3O3S. The number of aromatic hydroxyl groups is 1. The third-order valence-electron chi connectivity index (χ3n) is 5.59. The van der Waals surface area contributed by atoms with Crippen LogP contribution in [0.4, 0.5) is 0 Å². The smallest absolute Gasteiger partial charge is 0.316 e. The molecule has 0 aliphatic carbocycles. The summed E-state index contributed by atoms with van der Waals surface area (Å²) in [6.07, 6.45) is 0. The van der Waals surface area contributed by atoms with Gasteiger partial charge in [0.05, 0.1) is 6.04 Å². The zero-order chi connectivity index (χ0) is 21.4. The van der Waals surface area contributed by atoms with E-state index in [1.54, 1.807) is 9.47 Å². The molecule has 0 spiro atoms. The fourth-order valence-corrected chi connectivity index (χ4v) is 4.53. The van der Waals surface area contributed by atoms with Crippen molar-refractivity contribution in [3.05, 3.63) is 87.8 Å². The lowest BCUT2D eigenvalue weighted by Gasteiger charge is -2.42. The summed E-state index contributed by atoms with van der Waals surface area (Å²) in [6.45, 7) is 4.24. The lowest BCUT2D eigenvalue weighted by molar-refractivity contribution is 0.0573. The summed E-state index contributed by atoms with van der Waals surface area (Å²) in [6, 6.07) is 19.6. The summed E-state index contributed by atoms with van der Waals surface area (Å²) in [5, 5.41) is 10.6. The molecule has 1 aliphatic rings.